The standard InChI is InChI=1S/C20H21F3N2O2S/c1-5-8-25-17(26)15-16(24-18(25)28-11-20(21,22)23)14-9-13(27-4)7-6-12(14)10-19(15,2)3/h5-7,9H,1,8,10-11H2,2-4H3. The molecule has 0 saturated heterocycles. The van der Waals surface area contributed by atoms with Crippen LogP contribution in [0.1, 0.15) is 25.0 Å². The number of thioether (sulfide) groups is 1. The van der Waals surface area contributed by atoms with Crippen molar-refractivity contribution in [1.29, 1.82) is 0 Å². The Bertz CT molecular complexity index is 981. The maximum atomic E-state index is 13.3. The fourth-order valence-corrected chi connectivity index (χ4v) is 4.27. The maximum Gasteiger partial charge on any atom is 0.398 e. The van der Waals surface area contributed by atoms with Crippen molar-refractivity contribution in [1.82, 2.24) is 9.55 Å². The molecule has 0 amide bonds. The topological polar surface area (TPSA) is 44.1 Å². The van der Waals surface area contributed by atoms with E-state index in [1.54, 1.807) is 6.07 Å². The lowest BCUT2D eigenvalue weighted by molar-refractivity contribution is -0.105. The van der Waals surface area contributed by atoms with Crippen LogP contribution >= 0.6 is 11.8 Å². The molecule has 2 aromatic rings. The molecule has 0 bridgehead atoms. The molecule has 1 aromatic heterocycles. The highest BCUT2D eigenvalue weighted by atomic mass is 32.2. The van der Waals surface area contributed by atoms with Gasteiger partial charge in [0, 0.05) is 23.1 Å². The third kappa shape index (κ3) is 3.83. The number of hydrogen-bond donors (Lipinski definition) is 0. The van der Waals surface area contributed by atoms with Crippen molar-refractivity contribution >= 4 is 11.8 Å². The first-order chi connectivity index (χ1) is 13.1. The molecule has 1 aliphatic rings. The monoisotopic (exact) mass is 410 g/mol. The first kappa shape index (κ1) is 20.5. The normalized spacial score (nSPS) is 14.9. The van der Waals surface area contributed by atoms with Crippen LogP contribution in [0.2, 0.25) is 0 Å². The Labute approximate surface area is 165 Å². The Morgan fingerprint density at radius 3 is 2.71 bits per heavy atom. The van der Waals surface area contributed by atoms with Gasteiger partial charge in [-0.15, -0.1) is 6.58 Å². The molecular formula is C20H21F3N2O2S. The number of benzene rings is 1. The molecule has 0 atom stereocenters. The van der Waals surface area contributed by atoms with Crippen molar-refractivity contribution in [2.75, 3.05) is 12.9 Å². The van der Waals surface area contributed by atoms with E-state index >= 15 is 0 Å². The zero-order chi connectivity index (χ0) is 20.7. The molecule has 0 aliphatic heterocycles. The molecule has 8 heteroatoms. The number of nitrogens with zero attached hydrogens (tertiary/aromatic N) is 2. The van der Waals surface area contributed by atoms with E-state index in [9.17, 15) is 18.0 Å². The van der Waals surface area contributed by atoms with Gasteiger partial charge in [0.1, 0.15) is 5.75 Å². The zero-order valence-corrected chi connectivity index (χ0v) is 16.7. The molecular weight excluding hydrogens is 389 g/mol. The first-order valence-corrected chi connectivity index (χ1v) is 9.69. The number of rotatable bonds is 5. The molecule has 150 valence electrons. The summed E-state index contributed by atoms with van der Waals surface area (Å²) in [4.78, 5) is 17.8. The summed E-state index contributed by atoms with van der Waals surface area (Å²) in [6, 6.07) is 5.53. The largest absolute Gasteiger partial charge is 0.497 e. The van der Waals surface area contributed by atoms with Crippen LogP contribution in [0, 0.1) is 0 Å². The quantitative estimate of drug-likeness (QED) is 0.411. The number of ether oxygens (including phenoxy) is 1. The number of hydrogen-bond acceptors (Lipinski definition) is 4. The molecule has 0 radical (unpaired) electrons. The molecule has 28 heavy (non-hydrogen) atoms. The fourth-order valence-electron chi connectivity index (χ4n) is 3.51. The Kier molecular flexibility index (Phi) is 5.36. The van der Waals surface area contributed by atoms with Crippen molar-refractivity contribution in [3.63, 3.8) is 0 Å². The Balaban J connectivity index is 2.27. The van der Waals surface area contributed by atoms with Gasteiger partial charge in [0.15, 0.2) is 5.16 Å². The second-order valence-corrected chi connectivity index (χ2v) is 8.25. The number of alkyl halides is 3. The van der Waals surface area contributed by atoms with Crippen LogP contribution in [0.3, 0.4) is 0 Å². The van der Waals surface area contributed by atoms with E-state index in [4.69, 9.17) is 4.74 Å². The summed E-state index contributed by atoms with van der Waals surface area (Å²) in [5.74, 6) is -0.519. The highest BCUT2D eigenvalue weighted by Crippen LogP contribution is 2.42. The van der Waals surface area contributed by atoms with Gasteiger partial charge >= 0.3 is 6.18 Å². The summed E-state index contributed by atoms with van der Waals surface area (Å²) < 4.78 is 44.9. The van der Waals surface area contributed by atoms with Gasteiger partial charge in [-0.2, -0.15) is 13.2 Å². The number of halogens is 3. The number of methoxy groups -OCH3 is 1. The van der Waals surface area contributed by atoms with Crippen LogP contribution in [0.4, 0.5) is 13.2 Å². The van der Waals surface area contributed by atoms with Crippen molar-refractivity contribution in [2.45, 2.75) is 43.6 Å². The predicted octanol–water partition coefficient (Wildman–Crippen LogP) is 4.59. The molecule has 0 saturated carbocycles. The second-order valence-electron chi connectivity index (χ2n) is 7.31. The summed E-state index contributed by atoms with van der Waals surface area (Å²) in [7, 11) is 1.54. The third-order valence-corrected chi connectivity index (χ3v) is 5.73. The molecule has 1 heterocycles. The van der Waals surface area contributed by atoms with E-state index in [0.717, 1.165) is 11.1 Å². The lowest BCUT2D eigenvalue weighted by Crippen LogP contribution is -2.38. The lowest BCUT2D eigenvalue weighted by atomic mass is 9.72. The molecule has 0 spiro atoms. The lowest BCUT2D eigenvalue weighted by Gasteiger charge is -2.33. The van der Waals surface area contributed by atoms with E-state index in [1.165, 1.54) is 17.8 Å². The highest BCUT2D eigenvalue weighted by molar-refractivity contribution is 7.99. The average Bonchev–Trinajstić information content (AvgIpc) is 2.60. The average molecular weight is 410 g/mol. The van der Waals surface area contributed by atoms with Crippen molar-refractivity contribution < 1.29 is 17.9 Å². The molecule has 0 unspecified atom stereocenters. The molecule has 1 aliphatic carbocycles. The number of allylic oxidation sites excluding steroid dienone is 1. The fraction of sp³-hybridized carbons (Fsp3) is 0.400. The van der Waals surface area contributed by atoms with Gasteiger partial charge in [-0.25, -0.2) is 4.98 Å². The highest BCUT2D eigenvalue weighted by Gasteiger charge is 2.37. The summed E-state index contributed by atoms with van der Waals surface area (Å²) in [6.45, 7) is 7.61. The number of aromatic nitrogens is 2. The maximum absolute atomic E-state index is 13.3. The van der Waals surface area contributed by atoms with Crippen molar-refractivity contribution in [2.24, 2.45) is 0 Å². The molecule has 0 N–H and O–H groups in total. The van der Waals surface area contributed by atoms with E-state index in [1.807, 2.05) is 26.0 Å². The van der Waals surface area contributed by atoms with Crippen LogP contribution in [-0.2, 0) is 18.4 Å². The molecule has 1 aromatic carbocycles. The first-order valence-electron chi connectivity index (χ1n) is 8.70. The summed E-state index contributed by atoms with van der Waals surface area (Å²) in [5, 5.41) is 0.0347. The number of fused-ring (bicyclic) bond motifs is 3. The minimum Gasteiger partial charge on any atom is -0.497 e. The van der Waals surface area contributed by atoms with E-state index in [2.05, 4.69) is 11.6 Å². The summed E-state index contributed by atoms with van der Waals surface area (Å²) in [5.41, 5.74) is 1.82. The minimum atomic E-state index is -4.36. The van der Waals surface area contributed by atoms with Gasteiger partial charge in [-0.1, -0.05) is 37.8 Å². The van der Waals surface area contributed by atoms with Crippen LogP contribution in [0.25, 0.3) is 11.3 Å². The van der Waals surface area contributed by atoms with Gasteiger partial charge in [0.05, 0.1) is 18.6 Å². The van der Waals surface area contributed by atoms with Crippen molar-refractivity contribution in [3.8, 4) is 17.0 Å². The molecule has 0 fully saturated rings. The Morgan fingerprint density at radius 1 is 1.39 bits per heavy atom. The second kappa shape index (κ2) is 7.31. The smallest absolute Gasteiger partial charge is 0.398 e. The van der Waals surface area contributed by atoms with Gasteiger partial charge in [0.2, 0.25) is 0 Å². The predicted molar refractivity (Wildman–Crippen MR) is 104 cm³/mol. The van der Waals surface area contributed by atoms with Crippen LogP contribution in [-0.4, -0.2) is 28.6 Å². The van der Waals surface area contributed by atoms with Crippen molar-refractivity contribution in [3.05, 3.63) is 52.3 Å². The van der Waals surface area contributed by atoms with Gasteiger partial charge in [0.25, 0.3) is 5.56 Å². The van der Waals surface area contributed by atoms with Gasteiger partial charge in [-0.05, 0) is 24.1 Å². The molecule has 4 nitrogen and oxygen atoms in total. The van der Waals surface area contributed by atoms with Crippen LogP contribution in [0.15, 0.2) is 40.8 Å². The Morgan fingerprint density at radius 2 is 2.11 bits per heavy atom. The van der Waals surface area contributed by atoms with E-state index < -0.39 is 17.3 Å². The van der Waals surface area contributed by atoms with Gasteiger partial charge < -0.3 is 4.74 Å². The molecule has 3 rings (SSSR count). The SMILES string of the molecule is C=CCn1c(SCC(F)(F)F)nc2c(c1=O)C(C)(C)Cc1ccc(OC)cc1-2. The van der Waals surface area contributed by atoms with Gasteiger partial charge in [-0.3, -0.25) is 9.36 Å². The van der Waals surface area contributed by atoms with E-state index in [-0.39, 0.29) is 17.3 Å². The van der Waals surface area contributed by atoms with Crippen LogP contribution < -0.4 is 10.3 Å². The zero-order valence-electron chi connectivity index (χ0n) is 15.9. The van der Waals surface area contributed by atoms with E-state index in [0.29, 0.717) is 35.2 Å². The Hall–Kier alpha value is -2.22. The summed E-state index contributed by atoms with van der Waals surface area (Å²) >= 11 is 0.514. The minimum absolute atomic E-state index is 0.0347. The summed E-state index contributed by atoms with van der Waals surface area (Å²) in [6.07, 6.45) is -2.25. The third-order valence-electron chi connectivity index (χ3n) is 4.69. The van der Waals surface area contributed by atoms with Crippen LogP contribution in [0.5, 0.6) is 5.75 Å².